The van der Waals surface area contributed by atoms with Crippen LogP contribution in [0.3, 0.4) is 0 Å². The van der Waals surface area contributed by atoms with Crippen molar-refractivity contribution in [3.05, 3.63) is 0 Å². The maximum absolute atomic E-state index is 12.3. The number of hydrogen-bond acceptors (Lipinski definition) is 3. The van der Waals surface area contributed by atoms with Crippen LogP contribution in [0.2, 0.25) is 0 Å². The second-order valence-electron chi connectivity index (χ2n) is 6.83. The molecule has 2 fully saturated rings. The number of aliphatic hydroxyl groups excluding tert-OH is 1. The normalized spacial score (nSPS) is 33.4. The molecule has 1 saturated carbocycles. The van der Waals surface area contributed by atoms with Crippen LogP contribution in [0.4, 0.5) is 0 Å². The van der Waals surface area contributed by atoms with Crippen molar-refractivity contribution in [3.63, 3.8) is 0 Å². The summed E-state index contributed by atoms with van der Waals surface area (Å²) in [5.41, 5.74) is -0.567. The summed E-state index contributed by atoms with van der Waals surface area (Å²) in [4.78, 5) is 12.3. The van der Waals surface area contributed by atoms with Crippen LogP contribution in [-0.4, -0.2) is 34.7 Å². The van der Waals surface area contributed by atoms with E-state index in [9.17, 15) is 9.90 Å². The van der Waals surface area contributed by atoms with Crippen LogP contribution in [0.1, 0.15) is 59.3 Å². The lowest BCUT2D eigenvalue weighted by Gasteiger charge is -2.41. The number of fused-ring (bicyclic) bond motifs is 1. The first-order valence-corrected chi connectivity index (χ1v) is 7.66. The van der Waals surface area contributed by atoms with Gasteiger partial charge in [0.05, 0.1) is 17.7 Å². The van der Waals surface area contributed by atoms with Gasteiger partial charge < -0.3 is 15.7 Å². The Labute approximate surface area is 116 Å². The maximum Gasteiger partial charge on any atom is 0.237 e. The van der Waals surface area contributed by atoms with Gasteiger partial charge in [-0.25, -0.2) is 0 Å². The van der Waals surface area contributed by atoms with Crippen molar-refractivity contribution >= 4 is 5.91 Å². The molecule has 0 bridgehead atoms. The van der Waals surface area contributed by atoms with E-state index in [1.54, 1.807) is 6.92 Å². The highest BCUT2D eigenvalue weighted by atomic mass is 16.3. The predicted molar refractivity (Wildman–Crippen MR) is 75.8 cm³/mol. The van der Waals surface area contributed by atoms with Gasteiger partial charge in [-0.2, -0.15) is 0 Å². The molecule has 2 aliphatic rings. The largest absolute Gasteiger partial charge is 0.391 e. The topological polar surface area (TPSA) is 61.4 Å². The molecule has 1 heterocycles. The second kappa shape index (κ2) is 5.80. The zero-order valence-corrected chi connectivity index (χ0v) is 12.4. The van der Waals surface area contributed by atoms with E-state index in [4.69, 9.17) is 0 Å². The van der Waals surface area contributed by atoms with Gasteiger partial charge in [0.15, 0.2) is 0 Å². The van der Waals surface area contributed by atoms with Crippen LogP contribution >= 0.6 is 0 Å². The smallest absolute Gasteiger partial charge is 0.237 e. The van der Waals surface area contributed by atoms with E-state index in [-0.39, 0.29) is 11.9 Å². The lowest BCUT2D eigenvalue weighted by molar-refractivity contribution is -0.127. The van der Waals surface area contributed by atoms with Gasteiger partial charge in [-0.15, -0.1) is 0 Å². The standard InChI is InChI=1S/C15H28N2O2/c1-10(18)15(2,3)17-14(19)13-9-8-11-6-4-5-7-12(11)16-13/h10-13,16,18H,4-9H2,1-3H3,(H,17,19). The monoisotopic (exact) mass is 268 g/mol. The molecule has 1 aliphatic heterocycles. The Morgan fingerprint density at radius 1 is 1.26 bits per heavy atom. The maximum atomic E-state index is 12.3. The zero-order valence-electron chi connectivity index (χ0n) is 12.4. The molecular formula is C15H28N2O2. The van der Waals surface area contributed by atoms with Crippen molar-refractivity contribution in [2.45, 2.75) is 83.0 Å². The molecule has 4 atom stereocenters. The summed E-state index contributed by atoms with van der Waals surface area (Å²) >= 11 is 0. The first kappa shape index (κ1) is 14.8. The Morgan fingerprint density at radius 3 is 2.63 bits per heavy atom. The summed E-state index contributed by atoms with van der Waals surface area (Å²) in [6.45, 7) is 5.44. The van der Waals surface area contributed by atoms with Gasteiger partial charge in [0.25, 0.3) is 0 Å². The minimum Gasteiger partial charge on any atom is -0.391 e. The summed E-state index contributed by atoms with van der Waals surface area (Å²) in [6, 6.07) is 0.435. The van der Waals surface area contributed by atoms with Crippen LogP contribution in [-0.2, 0) is 4.79 Å². The molecule has 4 unspecified atom stereocenters. The molecule has 4 nitrogen and oxygen atoms in total. The van der Waals surface area contributed by atoms with E-state index in [0.717, 1.165) is 18.8 Å². The number of hydrogen-bond donors (Lipinski definition) is 3. The molecule has 0 radical (unpaired) electrons. The fraction of sp³-hybridized carbons (Fsp3) is 0.933. The van der Waals surface area contributed by atoms with Gasteiger partial charge in [-0.05, 0) is 52.4 Å². The van der Waals surface area contributed by atoms with Crippen molar-refractivity contribution in [1.29, 1.82) is 0 Å². The molecule has 0 spiro atoms. The van der Waals surface area contributed by atoms with Gasteiger partial charge in [0.1, 0.15) is 0 Å². The number of carbonyl (C=O) groups excluding carboxylic acids is 1. The Kier molecular flexibility index (Phi) is 4.51. The zero-order chi connectivity index (χ0) is 14.0. The van der Waals surface area contributed by atoms with Crippen LogP contribution in [0.25, 0.3) is 0 Å². The number of piperidine rings is 1. The first-order chi connectivity index (χ1) is 8.90. The predicted octanol–water partition coefficient (Wildman–Crippen LogP) is 1.57. The third-order valence-corrected chi connectivity index (χ3v) is 4.96. The van der Waals surface area contributed by atoms with Gasteiger partial charge in [-0.1, -0.05) is 12.8 Å². The van der Waals surface area contributed by atoms with Gasteiger partial charge in [-0.3, -0.25) is 4.79 Å². The number of carbonyl (C=O) groups is 1. The summed E-state index contributed by atoms with van der Waals surface area (Å²) in [5, 5.41) is 16.2. The minimum absolute atomic E-state index is 0.0370. The molecular weight excluding hydrogens is 240 g/mol. The molecule has 1 saturated heterocycles. The lowest BCUT2D eigenvalue weighted by atomic mass is 9.77. The Bertz CT molecular complexity index is 328. The van der Waals surface area contributed by atoms with Gasteiger partial charge in [0.2, 0.25) is 5.91 Å². The molecule has 0 aromatic heterocycles. The van der Waals surface area contributed by atoms with E-state index < -0.39 is 11.6 Å². The van der Waals surface area contributed by atoms with Crippen LogP contribution in [0.15, 0.2) is 0 Å². The van der Waals surface area contributed by atoms with Crippen LogP contribution in [0, 0.1) is 5.92 Å². The van der Waals surface area contributed by atoms with Crippen molar-refractivity contribution in [3.8, 4) is 0 Å². The number of nitrogens with one attached hydrogen (secondary N) is 2. The minimum atomic E-state index is -0.567. The van der Waals surface area contributed by atoms with Crippen molar-refractivity contribution in [2.75, 3.05) is 0 Å². The average molecular weight is 268 g/mol. The average Bonchev–Trinajstić information content (AvgIpc) is 2.37. The molecule has 4 heteroatoms. The number of rotatable bonds is 3. The molecule has 2 rings (SSSR count). The molecule has 19 heavy (non-hydrogen) atoms. The number of aliphatic hydroxyl groups is 1. The molecule has 3 N–H and O–H groups in total. The Morgan fingerprint density at radius 2 is 1.95 bits per heavy atom. The highest BCUT2D eigenvalue weighted by molar-refractivity contribution is 5.82. The second-order valence-corrected chi connectivity index (χ2v) is 6.83. The third-order valence-electron chi connectivity index (χ3n) is 4.96. The van der Waals surface area contributed by atoms with Crippen LogP contribution in [0.5, 0.6) is 0 Å². The summed E-state index contributed by atoms with van der Waals surface area (Å²) in [6.07, 6.45) is 6.66. The Balaban J connectivity index is 1.90. The fourth-order valence-corrected chi connectivity index (χ4v) is 3.21. The fourth-order valence-electron chi connectivity index (χ4n) is 3.21. The van der Waals surface area contributed by atoms with E-state index in [1.807, 2.05) is 13.8 Å². The van der Waals surface area contributed by atoms with E-state index in [2.05, 4.69) is 10.6 Å². The molecule has 0 aromatic carbocycles. The summed E-state index contributed by atoms with van der Waals surface area (Å²) in [7, 11) is 0. The first-order valence-electron chi connectivity index (χ1n) is 7.66. The molecule has 1 aliphatic carbocycles. The van der Waals surface area contributed by atoms with Gasteiger partial charge in [0, 0.05) is 6.04 Å². The highest BCUT2D eigenvalue weighted by Crippen LogP contribution is 2.32. The molecule has 1 amide bonds. The van der Waals surface area contributed by atoms with Gasteiger partial charge >= 0.3 is 0 Å². The summed E-state index contributed by atoms with van der Waals surface area (Å²) < 4.78 is 0. The van der Waals surface area contributed by atoms with Crippen molar-refractivity contribution in [1.82, 2.24) is 10.6 Å². The Hall–Kier alpha value is -0.610. The highest BCUT2D eigenvalue weighted by Gasteiger charge is 2.36. The lowest BCUT2D eigenvalue weighted by Crippen LogP contribution is -2.60. The number of amides is 1. The SMILES string of the molecule is CC(O)C(C)(C)NC(=O)C1CCC2CCCCC2N1. The third kappa shape index (κ3) is 3.48. The summed E-state index contributed by atoms with van der Waals surface area (Å²) in [5.74, 6) is 0.803. The molecule has 0 aromatic rings. The van der Waals surface area contributed by atoms with Crippen LogP contribution < -0.4 is 10.6 Å². The van der Waals surface area contributed by atoms with E-state index >= 15 is 0 Å². The molecule has 110 valence electrons. The van der Waals surface area contributed by atoms with E-state index in [0.29, 0.717) is 6.04 Å². The van der Waals surface area contributed by atoms with E-state index in [1.165, 1.54) is 25.7 Å². The van der Waals surface area contributed by atoms with Crippen molar-refractivity contribution < 1.29 is 9.90 Å². The quantitative estimate of drug-likeness (QED) is 0.728. The van der Waals surface area contributed by atoms with Crippen molar-refractivity contribution in [2.24, 2.45) is 5.92 Å².